The number of rotatable bonds is 9. The van der Waals surface area contributed by atoms with Crippen molar-refractivity contribution in [2.45, 2.75) is 13.3 Å². The highest BCUT2D eigenvalue weighted by Gasteiger charge is 2.11. The first kappa shape index (κ1) is 20.8. The maximum absolute atomic E-state index is 12.2. The summed E-state index contributed by atoms with van der Waals surface area (Å²) in [6, 6.07) is 19.4. The molecule has 0 spiro atoms. The number of amides is 1. The van der Waals surface area contributed by atoms with Crippen molar-refractivity contribution >= 4 is 11.6 Å². The van der Waals surface area contributed by atoms with Gasteiger partial charge in [0.05, 0.1) is 11.5 Å². The van der Waals surface area contributed by atoms with Crippen LogP contribution in [0, 0.1) is 10.1 Å². The fraction of sp³-hybridized carbons (Fsp3) is 0.136. The van der Waals surface area contributed by atoms with Crippen LogP contribution in [0.4, 0.5) is 5.69 Å². The van der Waals surface area contributed by atoms with E-state index in [1.165, 1.54) is 21.8 Å². The van der Waals surface area contributed by atoms with E-state index in [0.717, 1.165) is 11.1 Å². The van der Waals surface area contributed by atoms with Crippen molar-refractivity contribution in [2.75, 3.05) is 6.54 Å². The van der Waals surface area contributed by atoms with E-state index in [1.54, 1.807) is 12.3 Å². The van der Waals surface area contributed by atoms with E-state index >= 15 is 0 Å². The smallest absolute Gasteiger partial charge is 0.306 e. The summed E-state index contributed by atoms with van der Waals surface area (Å²) < 4.78 is 8.66. The minimum Gasteiger partial charge on any atom is -0.471 e. The molecule has 2 heterocycles. The number of benzene rings is 2. The van der Waals surface area contributed by atoms with E-state index in [1.807, 2.05) is 54.6 Å². The van der Waals surface area contributed by atoms with E-state index in [-0.39, 0.29) is 30.6 Å². The summed E-state index contributed by atoms with van der Waals surface area (Å²) in [5.74, 6) is 0.345. The van der Waals surface area contributed by atoms with Gasteiger partial charge in [0.2, 0.25) is 0 Å². The summed E-state index contributed by atoms with van der Waals surface area (Å²) in [6.07, 6.45) is 4.13. The topological polar surface area (TPSA) is 117 Å². The molecule has 0 saturated heterocycles. The number of carbonyl (C=O) groups is 1. The molecule has 4 aromatic rings. The lowest BCUT2D eigenvalue weighted by Gasteiger charge is -2.08. The van der Waals surface area contributed by atoms with Crippen molar-refractivity contribution in [2.24, 2.45) is 0 Å². The SMILES string of the molecule is O=C(NCCn1cc([N+](=O)[O-])cn1)c1ccn(COc2ccc(-c3ccccc3)cc2)n1. The van der Waals surface area contributed by atoms with Gasteiger partial charge in [-0.1, -0.05) is 42.5 Å². The van der Waals surface area contributed by atoms with Gasteiger partial charge in [-0.3, -0.25) is 19.6 Å². The van der Waals surface area contributed by atoms with Crippen LogP contribution in [-0.2, 0) is 13.3 Å². The van der Waals surface area contributed by atoms with Crippen LogP contribution in [0.1, 0.15) is 10.5 Å². The number of nitro groups is 1. The largest absolute Gasteiger partial charge is 0.471 e. The second kappa shape index (κ2) is 9.56. The zero-order valence-corrected chi connectivity index (χ0v) is 17.0. The summed E-state index contributed by atoms with van der Waals surface area (Å²) in [7, 11) is 0. The lowest BCUT2D eigenvalue weighted by Crippen LogP contribution is -2.28. The minimum absolute atomic E-state index is 0.0928. The van der Waals surface area contributed by atoms with E-state index in [2.05, 4.69) is 15.5 Å². The molecule has 4 rings (SSSR count). The molecular weight excluding hydrogens is 412 g/mol. The predicted octanol–water partition coefficient (Wildman–Crippen LogP) is 3.12. The highest BCUT2D eigenvalue weighted by molar-refractivity contribution is 5.92. The van der Waals surface area contributed by atoms with Gasteiger partial charge in [0.1, 0.15) is 23.8 Å². The van der Waals surface area contributed by atoms with Crippen LogP contribution in [0.5, 0.6) is 5.75 Å². The van der Waals surface area contributed by atoms with Crippen molar-refractivity contribution in [3.8, 4) is 16.9 Å². The number of hydrogen-bond acceptors (Lipinski definition) is 6. The zero-order chi connectivity index (χ0) is 22.3. The molecule has 0 bridgehead atoms. The van der Waals surface area contributed by atoms with Crippen LogP contribution in [-0.4, -0.2) is 36.9 Å². The molecule has 1 N–H and O–H groups in total. The molecule has 0 fully saturated rings. The van der Waals surface area contributed by atoms with Crippen LogP contribution in [0.2, 0.25) is 0 Å². The number of aromatic nitrogens is 4. The molecule has 10 nitrogen and oxygen atoms in total. The number of nitrogens with zero attached hydrogens (tertiary/aromatic N) is 5. The molecule has 0 aliphatic heterocycles. The van der Waals surface area contributed by atoms with Gasteiger partial charge >= 0.3 is 5.69 Å². The van der Waals surface area contributed by atoms with Gasteiger partial charge in [0, 0.05) is 12.7 Å². The first-order chi connectivity index (χ1) is 15.6. The summed E-state index contributed by atoms with van der Waals surface area (Å²) in [5.41, 5.74) is 2.39. The van der Waals surface area contributed by atoms with Crippen molar-refractivity contribution in [3.05, 3.63) is 95.1 Å². The summed E-state index contributed by atoms with van der Waals surface area (Å²) >= 11 is 0. The molecule has 2 aromatic carbocycles. The summed E-state index contributed by atoms with van der Waals surface area (Å²) in [6.45, 7) is 0.728. The molecule has 0 saturated carbocycles. The Kier molecular flexibility index (Phi) is 6.21. The third kappa shape index (κ3) is 5.17. The first-order valence-corrected chi connectivity index (χ1v) is 9.85. The normalized spacial score (nSPS) is 10.6. The highest BCUT2D eigenvalue weighted by Crippen LogP contribution is 2.22. The second-order valence-electron chi connectivity index (χ2n) is 6.88. The van der Waals surface area contributed by atoms with Gasteiger partial charge in [-0.05, 0) is 29.3 Å². The maximum Gasteiger partial charge on any atom is 0.306 e. The first-order valence-electron chi connectivity index (χ1n) is 9.85. The third-order valence-corrected chi connectivity index (χ3v) is 4.66. The fourth-order valence-electron chi connectivity index (χ4n) is 3.01. The molecule has 0 aliphatic carbocycles. The van der Waals surface area contributed by atoms with Crippen LogP contribution < -0.4 is 10.1 Å². The van der Waals surface area contributed by atoms with Gasteiger partial charge in [-0.2, -0.15) is 10.2 Å². The Morgan fingerprint density at radius 2 is 1.78 bits per heavy atom. The van der Waals surface area contributed by atoms with Crippen LogP contribution >= 0.6 is 0 Å². The molecule has 0 unspecified atom stereocenters. The van der Waals surface area contributed by atoms with Gasteiger partial charge < -0.3 is 10.1 Å². The summed E-state index contributed by atoms with van der Waals surface area (Å²) in [5, 5.41) is 21.5. The number of carbonyl (C=O) groups excluding carboxylic acids is 1. The lowest BCUT2D eigenvalue weighted by atomic mass is 10.1. The maximum atomic E-state index is 12.2. The Balaban J connectivity index is 1.25. The average Bonchev–Trinajstić information content (AvgIpc) is 3.49. The van der Waals surface area contributed by atoms with Gasteiger partial charge in [-0.15, -0.1) is 0 Å². The Morgan fingerprint density at radius 1 is 1.03 bits per heavy atom. The molecule has 0 radical (unpaired) electrons. The number of ether oxygens (including phenoxy) is 1. The van der Waals surface area contributed by atoms with E-state index in [0.29, 0.717) is 12.3 Å². The standard InChI is InChI=1S/C22H20N6O4/c29-22(23-11-13-26-15-19(14-24-26)28(30)31)21-10-12-27(25-21)16-32-20-8-6-18(7-9-20)17-4-2-1-3-5-17/h1-10,12,14-15H,11,13,16H2,(H,23,29). The third-order valence-electron chi connectivity index (χ3n) is 4.66. The molecule has 1 amide bonds. The van der Waals surface area contributed by atoms with Crippen LogP contribution in [0.15, 0.2) is 79.3 Å². The Morgan fingerprint density at radius 3 is 2.50 bits per heavy atom. The molecule has 0 atom stereocenters. The Hall–Kier alpha value is -4.47. The van der Waals surface area contributed by atoms with Crippen molar-refractivity contribution in [3.63, 3.8) is 0 Å². The van der Waals surface area contributed by atoms with Crippen LogP contribution in [0.25, 0.3) is 11.1 Å². The quantitative estimate of drug-likeness (QED) is 0.321. The molecular formula is C22H20N6O4. The zero-order valence-electron chi connectivity index (χ0n) is 17.0. The lowest BCUT2D eigenvalue weighted by molar-refractivity contribution is -0.385. The molecule has 10 heteroatoms. The minimum atomic E-state index is -0.519. The van der Waals surface area contributed by atoms with Crippen molar-refractivity contribution < 1.29 is 14.5 Å². The van der Waals surface area contributed by atoms with Gasteiger partial charge in [0.25, 0.3) is 5.91 Å². The number of nitrogens with one attached hydrogen (secondary N) is 1. The monoisotopic (exact) mass is 432 g/mol. The van der Waals surface area contributed by atoms with Crippen molar-refractivity contribution in [1.29, 1.82) is 0 Å². The van der Waals surface area contributed by atoms with E-state index in [4.69, 9.17) is 4.74 Å². The molecule has 32 heavy (non-hydrogen) atoms. The van der Waals surface area contributed by atoms with Gasteiger partial charge in [-0.25, -0.2) is 4.68 Å². The summed E-state index contributed by atoms with van der Waals surface area (Å²) in [4.78, 5) is 22.4. The Labute approximate surface area is 183 Å². The molecule has 162 valence electrons. The van der Waals surface area contributed by atoms with E-state index in [9.17, 15) is 14.9 Å². The number of hydrogen-bond donors (Lipinski definition) is 1. The Bertz CT molecular complexity index is 1200. The average molecular weight is 432 g/mol. The second-order valence-corrected chi connectivity index (χ2v) is 6.88. The van der Waals surface area contributed by atoms with Crippen LogP contribution in [0.3, 0.4) is 0 Å². The molecule has 2 aromatic heterocycles. The van der Waals surface area contributed by atoms with Gasteiger partial charge in [0.15, 0.2) is 6.73 Å². The van der Waals surface area contributed by atoms with E-state index < -0.39 is 4.92 Å². The predicted molar refractivity (Wildman–Crippen MR) is 116 cm³/mol. The van der Waals surface area contributed by atoms with Crippen molar-refractivity contribution in [1.82, 2.24) is 24.9 Å². The highest BCUT2D eigenvalue weighted by atomic mass is 16.6. The molecule has 0 aliphatic rings. The fourth-order valence-corrected chi connectivity index (χ4v) is 3.01.